The van der Waals surface area contributed by atoms with Gasteiger partial charge in [-0.1, -0.05) is 12.1 Å². The highest BCUT2D eigenvalue weighted by Gasteiger charge is 2.21. The van der Waals surface area contributed by atoms with Gasteiger partial charge in [-0.05, 0) is 29.8 Å². The lowest BCUT2D eigenvalue weighted by Gasteiger charge is -2.26. The molecule has 1 saturated heterocycles. The molecule has 1 aliphatic rings. The molecule has 0 saturated carbocycles. The summed E-state index contributed by atoms with van der Waals surface area (Å²) in [6.07, 6.45) is 1.73. The SMILES string of the molecule is COC(=O)c1ccc(-c2cccn(CCN3CCS(=O)(=O)CC3)c2=O)cc1. The Morgan fingerprint density at radius 2 is 1.74 bits per heavy atom. The van der Waals surface area contributed by atoms with E-state index >= 15 is 0 Å². The van der Waals surface area contributed by atoms with Crippen LogP contribution in [0.3, 0.4) is 0 Å². The third kappa shape index (κ3) is 4.64. The zero-order chi connectivity index (χ0) is 19.4. The molecule has 0 N–H and O–H groups in total. The van der Waals surface area contributed by atoms with Crippen molar-refractivity contribution >= 4 is 15.8 Å². The molecule has 0 atom stereocenters. The fraction of sp³-hybridized carbons (Fsp3) is 0.368. The monoisotopic (exact) mass is 390 g/mol. The van der Waals surface area contributed by atoms with Crippen LogP contribution in [0, 0.1) is 0 Å². The molecule has 0 radical (unpaired) electrons. The summed E-state index contributed by atoms with van der Waals surface area (Å²) in [6.45, 7) is 2.13. The maximum absolute atomic E-state index is 12.8. The molecular formula is C19H22N2O5S. The number of carbonyl (C=O) groups excluding carboxylic acids is 1. The molecule has 0 aliphatic carbocycles. The van der Waals surface area contributed by atoms with Crippen molar-refractivity contribution in [1.29, 1.82) is 0 Å². The molecule has 0 unspecified atom stereocenters. The number of hydrogen-bond acceptors (Lipinski definition) is 6. The average Bonchev–Trinajstić information content (AvgIpc) is 2.67. The summed E-state index contributed by atoms with van der Waals surface area (Å²) in [7, 11) is -1.58. The lowest BCUT2D eigenvalue weighted by Crippen LogP contribution is -2.42. The Morgan fingerprint density at radius 1 is 1.07 bits per heavy atom. The van der Waals surface area contributed by atoms with E-state index in [4.69, 9.17) is 0 Å². The molecule has 2 aromatic rings. The van der Waals surface area contributed by atoms with E-state index in [1.165, 1.54) is 7.11 Å². The van der Waals surface area contributed by atoms with Crippen molar-refractivity contribution in [3.8, 4) is 11.1 Å². The molecule has 144 valence electrons. The Bertz CT molecular complexity index is 966. The second-order valence-electron chi connectivity index (χ2n) is 6.48. The standard InChI is InChI=1S/C19H22N2O5S/c1-26-19(23)16-6-4-15(5-7-16)17-3-2-8-21(18(17)22)10-9-20-11-13-27(24,25)14-12-20/h2-8H,9-14H2,1H3. The number of aromatic nitrogens is 1. The van der Waals surface area contributed by atoms with Crippen LogP contribution in [0.25, 0.3) is 11.1 Å². The number of pyridine rings is 1. The molecule has 1 aliphatic heterocycles. The fourth-order valence-corrected chi connectivity index (χ4v) is 4.34. The predicted octanol–water partition coefficient (Wildman–Crippen LogP) is 1.03. The van der Waals surface area contributed by atoms with Gasteiger partial charge >= 0.3 is 5.97 Å². The van der Waals surface area contributed by atoms with Gasteiger partial charge in [0.25, 0.3) is 5.56 Å². The van der Waals surface area contributed by atoms with E-state index in [2.05, 4.69) is 9.64 Å². The Labute approximate surface area is 158 Å². The van der Waals surface area contributed by atoms with Crippen molar-refractivity contribution in [1.82, 2.24) is 9.47 Å². The smallest absolute Gasteiger partial charge is 0.337 e. The summed E-state index contributed by atoms with van der Waals surface area (Å²) in [4.78, 5) is 26.4. The first-order valence-electron chi connectivity index (χ1n) is 8.70. The van der Waals surface area contributed by atoms with Gasteiger partial charge in [0.1, 0.15) is 0 Å². The Hall–Kier alpha value is -2.45. The number of methoxy groups -OCH3 is 1. The van der Waals surface area contributed by atoms with E-state index < -0.39 is 15.8 Å². The van der Waals surface area contributed by atoms with Gasteiger partial charge in [-0.3, -0.25) is 9.69 Å². The Morgan fingerprint density at radius 3 is 2.37 bits per heavy atom. The van der Waals surface area contributed by atoms with Crippen LogP contribution in [0.2, 0.25) is 0 Å². The molecule has 1 fully saturated rings. The molecule has 0 bridgehead atoms. The predicted molar refractivity (Wildman–Crippen MR) is 103 cm³/mol. The van der Waals surface area contributed by atoms with Crippen molar-refractivity contribution in [3.05, 3.63) is 58.5 Å². The molecule has 27 heavy (non-hydrogen) atoms. The molecule has 1 aromatic carbocycles. The van der Waals surface area contributed by atoms with Gasteiger partial charge in [-0.2, -0.15) is 0 Å². The number of sulfone groups is 1. The van der Waals surface area contributed by atoms with E-state index in [1.807, 2.05) is 6.07 Å². The van der Waals surface area contributed by atoms with Gasteiger partial charge in [0.15, 0.2) is 9.84 Å². The largest absolute Gasteiger partial charge is 0.465 e. The fourth-order valence-electron chi connectivity index (χ4n) is 3.06. The Balaban J connectivity index is 1.72. The lowest BCUT2D eigenvalue weighted by molar-refractivity contribution is 0.0600. The first-order valence-corrected chi connectivity index (χ1v) is 10.5. The summed E-state index contributed by atoms with van der Waals surface area (Å²) in [5.41, 5.74) is 1.59. The van der Waals surface area contributed by atoms with Crippen molar-refractivity contribution in [2.75, 3.05) is 38.2 Å². The van der Waals surface area contributed by atoms with Crippen LogP contribution in [0.5, 0.6) is 0 Å². The minimum absolute atomic E-state index is 0.118. The minimum Gasteiger partial charge on any atom is -0.465 e. The summed E-state index contributed by atoms with van der Waals surface area (Å²) in [5.74, 6) is -0.0706. The number of esters is 1. The first-order chi connectivity index (χ1) is 12.9. The summed E-state index contributed by atoms with van der Waals surface area (Å²) >= 11 is 0. The third-order valence-corrected chi connectivity index (χ3v) is 6.34. The summed E-state index contributed by atoms with van der Waals surface area (Å²) in [5, 5.41) is 0. The van der Waals surface area contributed by atoms with Gasteiger partial charge in [-0.25, -0.2) is 13.2 Å². The number of carbonyl (C=O) groups is 1. The van der Waals surface area contributed by atoms with Crippen LogP contribution < -0.4 is 5.56 Å². The molecule has 0 spiro atoms. The van der Waals surface area contributed by atoms with Crippen LogP contribution in [0.4, 0.5) is 0 Å². The van der Waals surface area contributed by atoms with Crippen LogP contribution in [0.15, 0.2) is 47.4 Å². The highest BCUT2D eigenvalue weighted by atomic mass is 32.2. The normalized spacial score (nSPS) is 16.8. The van der Waals surface area contributed by atoms with Crippen molar-refractivity contribution in [2.24, 2.45) is 0 Å². The highest BCUT2D eigenvalue weighted by molar-refractivity contribution is 7.91. The zero-order valence-electron chi connectivity index (χ0n) is 15.1. The molecule has 8 heteroatoms. The molecule has 3 rings (SSSR count). The zero-order valence-corrected chi connectivity index (χ0v) is 15.9. The molecule has 0 amide bonds. The van der Waals surface area contributed by atoms with Crippen molar-refractivity contribution < 1.29 is 17.9 Å². The highest BCUT2D eigenvalue weighted by Crippen LogP contribution is 2.16. The van der Waals surface area contributed by atoms with E-state index in [0.717, 1.165) is 5.56 Å². The summed E-state index contributed by atoms with van der Waals surface area (Å²) in [6, 6.07) is 10.3. The van der Waals surface area contributed by atoms with Crippen LogP contribution in [0.1, 0.15) is 10.4 Å². The van der Waals surface area contributed by atoms with Gasteiger partial charge in [0.2, 0.25) is 0 Å². The topological polar surface area (TPSA) is 85.7 Å². The molecule has 2 heterocycles. The summed E-state index contributed by atoms with van der Waals surface area (Å²) < 4.78 is 29.3. The second kappa shape index (κ2) is 8.06. The molecule has 7 nitrogen and oxygen atoms in total. The van der Waals surface area contributed by atoms with E-state index in [0.29, 0.717) is 37.3 Å². The third-order valence-electron chi connectivity index (χ3n) is 4.73. The number of nitrogens with zero attached hydrogens (tertiary/aromatic N) is 2. The van der Waals surface area contributed by atoms with Crippen LogP contribution in [-0.2, 0) is 21.1 Å². The van der Waals surface area contributed by atoms with E-state index in [9.17, 15) is 18.0 Å². The minimum atomic E-state index is -2.90. The van der Waals surface area contributed by atoms with Gasteiger partial charge in [0, 0.05) is 37.9 Å². The van der Waals surface area contributed by atoms with Crippen LogP contribution >= 0.6 is 0 Å². The maximum atomic E-state index is 12.8. The quantitative estimate of drug-likeness (QED) is 0.709. The van der Waals surface area contributed by atoms with Gasteiger partial charge < -0.3 is 9.30 Å². The molecular weight excluding hydrogens is 368 g/mol. The number of rotatable bonds is 5. The number of benzene rings is 1. The second-order valence-corrected chi connectivity index (χ2v) is 8.79. The maximum Gasteiger partial charge on any atom is 0.337 e. The van der Waals surface area contributed by atoms with Gasteiger partial charge in [-0.15, -0.1) is 0 Å². The Kier molecular flexibility index (Phi) is 5.76. The van der Waals surface area contributed by atoms with E-state index in [-0.39, 0.29) is 17.1 Å². The number of ether oxygens (including phenoxy) is 1. The van der Waals surface area contributed by atoms with E-state index in [1.54, 1.807) is 41.1 Å². The van der Waals surface area contributed by atoms with Crippen LogP contribution in [-0.4, -0.2) is 62.1 Å². The van der Waals surface area contributed by atoms with Crippen molar-refractivity contribution in [3.63, 3.8) is 0 Å². The van der Waals surface area contributed by atoms with Crippen molar-refractivity contribution in [2.45, 2.75) is 6.54 Å². The molecule has 1 aromatic heterocycles. The lowest BCUT2D eigenvalue weighted by atomic mass is 10.1. The number of hydrogen-bond donors (Lipinski definition) is 0. The first kappa shape index (κ1) is 19.3. The van der Waals surface area contributed by atoms with Gasteiger partial charge in [0.05, 0.1) is 24.2 Å². The average molecular weight is 390 g/mol.